The van der Waals surface area contributed by atoms with Gasteiger partial charge in [-0.15, -0.1) is 0 Å². The molecule has 0 radical (unpaired) electrons. The molecule has 2 N–H and O–H groups in total. The third kappa shape index (κ3) is 4.80. The Morgan fingerprint density at radius 3 is 2.67 bits per heavy atom. The zero-order valence-electron chi connectivity index (χ0n) is 21.9. The van der Waals surface area contributed by atoms with Crippen LogP contribution in [-0.4, -0.2) is 57.7 Å². The van der Waals surface area contributed by atoms with Gasteiger partial charge in [0.05, 0.1) is 40.8 Å². The Balaban J connectivity index is 1.57. The molecule has 1 aliphatic carbocycles. The van der Waals surface area contributed by atoms with Gasteiger partial charge in [0.2, 0.25) is 0 Å². The lowest BCUT2D eigenvalue weighted by atomic mass is 9.71. The highest BCUT2D eigenvalue weighted by Gasteiger charge is 2.48. The molecule has 0 amide bonds. The van der Waals surface area contributed by atoms with Crippen LogP contribution in [0.1, 0.15) is 31.7 Å². The number of carbonyl (C=O) groups excluding carboxylic acids is 1. The van der Waals surface area contributed by atoms with E-state index in [1.807, 2.05) is 6.92 Å². The monoisotopic (exact) mass is 587 g/mol. The summed E-state index contributed by atoms with van der Waals surface area (Å²) in [6, 6.07) is 7.22. The first kappa shape index (κ1) is 27.9. The number of benzene rings is 1. The Bertz CT molecular complexity index is 1710. The van der Waals surface area contributed by atoms with Crippen LogP contribution in [0.2, 0.25) is 5.02 Å². The second-order valence-electron chi connectivity index (χ2n) is 10.1. The molecule has 10 nitrogen and oxygen atoms in total. The number of aryl methyl sites for hydroxylation is 1. The highest BCUT2D eigenvalue weighted by atomic mass is 35.5. The molecule has 1 fully saturated rings. The number of rotatable bonds is 6. The number of hydrogen-bond donors (Lipinski definition) is 2. The summed E-state index contributed by atoms with van der Waals surface area (Å²) < 4.78 is 47.9. The molecule has 13 heteroatoms. The van der Waals surface area contributed by atoms with Crippen LogP contribution in [0.25, 0.3) is 22.4 Å². The van der Waals surface area contributed by atoms with Crippen LogP contribution in [0, 0.1) is 18.2 Å². The van der Waals surface area contributed by atoms with E-state index in [1.165, 1.54) is 37.7 Å². The van der Waals surface area contributed by atoms with E-state index in [2.05, 4.69) is 20.3 Å². The number of nitrogens with zero attached hydrogens (tertiary/aromatic N) is 4. The van der Waals surface area contributed by atoms with Crippen LogP contribution in [0.3, 0.4) is 0 Å². The molecule has 3 aromatic heterocycles. The number of anilines is 1. The molecule has 0 saturated heterocycles. The van der Waals surface area contributed by atoms with Crippen molar-refractivity contribution in [1.82, 2.24) is 18.9 Å². The van der Waals surface area contributed by atoms with Crippen molar-refractivity contribution in [2.24, 2.45) is 5.41 Å². The van der Waals surface area contributed by atoms with Crippen molar-refractivity contribution in [2.45, 2.75) is 50.2 Å². The molecule has 1 aliphatic rings. The molecule has 0 bridgehead atoms. The summed E-state index contributed by atoms with van der Waals surface area (Å²) in [5.41, 5.74) is 0.0832. The number of carbonyl (C=O) groups is 1. The summed E-state index contributed by atoms with van der Waals surface area (Å²) in [6.07, 6.45) is 3.90. The highest BCUT2D eigenvalue weighted by molar-refractivity contribution is 7.90. The highest BCUT2D eigenvalue weighted by Crippen LogP contribution is 2.39. The minimum absolute atomic E-state index is 0.0110. The SMILES string of the molecule is COC(=O)[C@@]1(C)CCC[C@H](Nc2nc(-c3cn(S(=O)(=O)c4ccc(C)cc4)c4ncc(Cl)cc34)ncc2F)[C@H]1O. The lowest BCUT2D eigenvalue weighted by Crippen LogP contribution is -2.53. The van der Waals surface area contributed by atoms with Crippen LogP contribution in [0.4, 0.5) is 10.2 Å². The van der Waals surface area contributed by atoms with Gasteiger partial charge < -0.3 is 15.2 Å². The van der Waals surface area contributed by atoms with Crippen LogP contribution >= 0.6 is 11.6 Å². The Hall–Kier alpha value is -3.61. The van der Waals surface area contributed by atoms with E-state index < -0.39 is 39.4 Å². The van der Waals surface area contributed by atoms with E-state index in [4.69, 9.17) is 16.3 Å². The van der Waals surface area contributed by atoms with E-state index in [9.17, 15) is 22.7 Å². The van der Waals surface area contributed by atoms with Crippen molar-refractivity contribution in [2.75, 3.05) is 12.4 Å². The Morgan fingerprint density at radius 2 is 1.98 bits per heavy atom. The average molecular weight is 588 g/mol. The second-order valence-corrected chi connectivity index (χ2v) is 12.3. The van der Waals surface area contributed by atoms with Crippen molar-refractivity contribution in [3.05, 3.63) is 65.3 Å². The van der Waals surface area contributed by atoms with Gasteiger partial charge in [0, 0.05) is 23.3 Å². The number of nitrogens with one attached hydrogen (secondary N) is 1. The molecule has 0 aliphatic heterocycles. The molecular weight excluding hydrogens is 561 g/mol. The number of hydrogen-bond acceptors (Lipinski definition) is 9. The fourth-order valence-corrected chi connectivity index (χ4v) is 6.54. The number of esters is 1. The number of ether oxygens (including phenoxy) is 1. The molecule has 5 rings (SSSR count). The minimum atomic E-state index is -4.07. The molecule has 3 heterocycles. The van der Waals surface area contributed by atoms with Gasteiger partial charge in [0.15, 0.2) is 23.1 Å². The van der Waals surface area contributed by atoms with Crippen molar-refractivity contribution in [1.29, 1.82) is 0 Å². The van der Waals surface area contributed by atoms with Crippen LogP contribution in [-0.2, 0) is 19.6 Å². The maximum Gasteiger partial charge on any atom is 0.314 e. The van der Waals surface area contributed by atoms with Crippen LogP contribution < -0.4 is 5.32 Å². The topological polar surface area (TPSA) is 136 Å². The molecular formula is C27H27ClFN5O5S. The van der Waals surface area contributed by atoms with Gasteiger partial charge in [-0.05, 0) is 44.9 Å². The molecule has 210 valence electrons. The van der Waals surface area contributed by atoms with Crippen molar-refractivity contribution >= 4 is 44.4 Å². The summed E-state index contributed by atoms with van der Waals surface area (Å²) >= 11 is 6.20. The summed E-state index contributed by atoms with van der Waals surface area (Å²) in [4.78, 5) is 25.1. The van der Waals surface area contributed by atoms with E-state index >= 15 is 0 Å². The molecule has 1 aromatic carbocycles. The Morgan fingerprint density at radius 1 is 1.25 bits per heavy atom. The molecule has 40 heavy (non-hydrogen) atoms. The van der Waals surface area contributed by atoms with Crippen molar-refractivity contribution in [3.8, 4) is 11.4 Å². The van der Waals surface area contributed by atoms with Gasteiger partial charge in [-0.25, -0.2) is 31.7 Å². The third-order valence-electron chi connectivity index (χ3n) is 7.36. The maximum absolute atomic E-state index is 14.9. The molecule has 4 aromatic rings. The van der Waals surface area contributed by atoms with Crippen LogP contribution in [0.5, 0.6) is 0 Å². The lowest BCUT2D eigenvalue weighted by Gasteiger charge is -2.41. The first-order valence-corrected chi connectivity index (χ1v) is 14.3. The van der Waals surface area contributed by atoms with E-state index in [0.717, 1.165) is 15.7 Å². The first-order valence-electron chi connectivity index (χ1n) is 12.5. The molecule has 0 spiro atoms. The summed E-state index contributed by atoms with van der Waals surface area (Å²) in [5.74, 6) is -1.53. The lowest BCUT2D eigenvalue weighted by molar-refractivity contribution is -0.162. The number of aliphatic hydroxyl groups is 1. The maximum atomic E-state index is 14.9. The number of aromatic nitrogens is 4. The van der Waals surface area contributed by atoms with E-state index in [1.54, 1.807) is 19.1 Å². The minimum Gasteiger partial charge on any atom is -0.469 e. The predicted octanol–water partition coefficient (Wildman–Crippen LogP) is 4.34. The normalized spacial score (nSPS) is 21.4. The van der Waals surface area contributed by atoms with Gasteiger partial charge in [0.25, 0.3) is 10.0 Å². The quantitative estimate of drug-likeness (QED) is 0.316. The van der Waals surface area contributed by atoms with E-state index in [0.29, 0.717) is 24.6 Å². The van der Waals surface area contributed by atoms with Crippen molar-refractivity contribution < 1.29 is 27.4 Å². The number of aliphatic hydroxyl groups excluding tert-OH is 1. The summed E-state index contributed by atoms with van der Waals surface area (Å²) in [6.45, 7) is 3.46. The molecule has 3 atom stereocenters. The van der Waals surface area contributed by atoms with Gasteiger partial charge in [-0.3, -0.25) is 4.79 Å². The smallest absolute Gasteiger partial charge is 0.314 e. The van der Waals surface area contributed by atoms with Crippen molar-refractivity contribution in [3.63, 3.8) is 0 Å². The average Bonchev–Trinajstić information content (AvgIpc) is 3.31. The predicted molar refractivity (Wildman–Crippen MR) is 147 cm³/mol. The fraction of sp³-hybridized carbons (Fsp3) is 0.333. The number of methoxy groups -OCH3 is 1. The number of pyridine rings is 1. The van der Waals surface area contributed by atoms with Gasteiger partial charge >= 0.3 is 5.97 Å². The standard InChI is InChI=1S/C27H27ClFN5O5S/c1-15-6-8-17(9-7-15)40(37,38)34-14-19(18-11-16(28)12-31-25(18)34)23-30-13-20(29)24(33-23)32-21-5-4-10-27(2,22(21)35)26(36)39-3/h6-9,11-14,21-22,35H,4-5,10H2,1-3H3,(H,30,32,33)/t21-,22+,27-/m0/s1. The van der Waals surface area contributed by atoms with Gasteiger partial charge in [-0.2, -0.15) is 0 Å². The molecule has 1 saturated carbocycles. The van der Waals surface area contributed by atoms with Crippen LogP contribution in [0.15, 0.2) is 53.8 Å². The second kappa shape index (κ2) is 10.4. The van der Waals surface area contributed by atoms with Gasteiger partial charge in [0.1, 0.15) is 0 Å². The largest absolute Gasteiger partial charge is 0.469 e. The third-order valence-corrected chi connectivity index (χ3v) is 9.23. The zero-order valence-corrected chi connectivity index (χ0v) is 23.5. The van der Waals surface area contributed by atoms with E-state index in [-0.39, 0.29) is 32.8 Å². The fourth-order valence-electron chi connectivity index (χ4n) is 5.06. The first-order chi connectivity index (χ1) is 19.0. The summed E-state index contributed by atoms with van der Waals surface area (Å²) in [5, 5.41) is 14.5. The number of fused-ring (bicyclic) bond motifs is 1. The van der Waals surface area contributed by atoms with Gasteiger partial charge in [-0.1, -0.05) is 35.7 Å². The number of halogens is 2. The zero-order chi connectivity index (χ0) is 28.8. The summed E-state index contributed by atoms with van der Waals surface area (Å²) in [7, 11) is -2.81. The Kier molecular flexibility index (Phi) is 7.28. The molecule has 0 unspecified atom stereocenters. The Labute approximate surface area is 235 Å².